The molecule has 8 heteroatoms. The Hall–Kier alpha value is -3.78. The van der Waals surface area contributed by atoms with Gasteiger partial charge >= 0.3 is 0 Å². The van der Waals surface area contributed by atoms with E-state index in [1.807, 2.05) is 48.5 Å². The van der Waals surface area contributed by atoms with Gasteiger partial charge < -0.3 is 15.0 Å². The van der Waals surface area contributed by atoms with E-state index in [1.165, 1.54) is 5.56 Å². The summed E-state index contributed by atoms with van der Waals surface area (Å²) in [6.07, 6.45) is 5.87. The molecule has 0 aliphatic carbocycles. The molecule has 0 fully saturated rings. The first kappa shape index (κ1) is 22.0. The van der Waals surface area contributed by atoms with Gasteiger partial charge in [0.15, 0.2) is 0 Å². The summed E-state index contributed by atoms with van der Waals surface area (Å²) in [6, 6.07) is 19.8. The van der Waals surface area contributed by atoms with E-state index in [9.17, 15) is 4.79 Å². The molecule has 5 rings (SSSR count). The third-order valence-corrected chi connectivity index (χ3v) is 6.11. The molecular weight excluding hydrogens is 494 g/mol. The first-order valence-corrected chi connectivity index (χ1v) is 11.7. The fraction of sp³-hybridized carbons (Fsp3) is 0.154. The minimum atomic E-state index is -0.303. The second-order valence-corrected chi connectivity index (χ2v) is 8.79. The van der Waals surface area contributed by atoms with E-state index < -0.39 is 0 Å². The van der Waals surface area contributed by atoms with Crippen LogP contribution in [0.3, 0.4) is 0 Å². The highest BCUT2D eigenvalue weighted by molar-refractivity contribution is 9.10. The first-order valence-electron chi connectivity index (χ1n) is 10.9. The van der Waals surface area contributed by atoms with E-state index in [0.29, 0.717) is 12.5 Å². The molecule has 2 aromatic heterocycles. The molecule has 0 atom stereocenters. The molecule has 0 saturated carbocycles. The maximum Gasteiger partial charge on any atom is 0.258 e. The van der Waals surface area contributed by atoms with Crippen LogP contribution in [0, 0.1) is 0 Å². The lowest BCUT2D eigenvalue weighted by atomic mass is 10.2. The van der Waals surface area contributed by atoms with Crippen molar-refractivity contribution in [1.82, 2.24) is 20.3 Å². The fourth-order valence-corrected chi connectivity index (χ4v) is 4.08. The van der Waals surface area contributed by atoms with Crippen molar-refractivity contribution in [1.29, 1.82) is 0 Å². The lowest BCUT2D eigenvalue weighted by Gasteiger charge is -2.19. The van der Waals surface area contributed by atoms with Crippen molar-refractivity contribution in [3.63, 3.8) is 0 Å². The van der Waals surface area contributed by atoms with Crippen LogP contribution in [0.2, 0.25) is 0 Å². The Labute approximate surface area is 206 Å². The number of nitrogens with one attached hydrogen (secondary N) is 1. The molecule has 1 aliphatic rings. The number of amides is 1. The number of hydrogen-bond acceptors (Lipinski definition) is 6. The van der Waals surface area contributed by atoms with Crippen LogP contribution in [0.15, 0.2) is 83.7 Å². The quantitative estimate of drug-likeness (QED) is 0.379. The third kappa shape index (κ3) is 4.92. The van der Waals surface area contributed by atoms with E-state index in [2.05, 4.69) is 53.2 Å². The highest BCUT2D eigenvalue weighted by atomic mass is 79.9. The van der Waals surface area contributed by atoms with Crippen molar-refractivity contribution in [3.05, 3.63) is 106 Å². The lowest BCUT2D eigenvalue weighted by molar-refractivity contribution is 0.0945. The lowest BCUT2D eigenvalue weighted by Crippen LogP contribution is -2.25. The summed E-state index contributed by atoms with van der Waals surface area (Å²) in [7, 11) is 0. The Bertz CT molecular complexity index is 1300. The number of benzene rings is 2. The molecular formula is C26H22BrN5O2. The minimum Gasteiger partial charge on any atom is -0.472 e. The molecule has 7 nitrogen and oxygen atoms in total. The van der Waals surface area contributed by atoms with Gasteiger partial charge in [0.25, 0.3) is 5.91 Å². The Morgan fingerprint density at radius 1 is 1.03 bits per heavy atom. The summed E-state index contributed by atoms with van der Waals surface area (Å²) >= 11 is 3.44. The van der Waals surface area contributed by atoms with Gasteiger partial charge in [0, 0.05) is 41.8 Å². The topological polar surface area (TPSA) is 80.2 Å². The van der Waals surface area contributed by atoms with Crippen LogP contribution in [0.5, 0.6) is 5.88 Å². The zero-order chi connectivity index (χ0) is 23.3. The number of carbonyl (C=O) groups is 1. The Balaban J connectivity index is 1.41. The predicted octanol–water partition coefficient (Wildman–Crippen LogP) is 4.84. The largest absolute Gasteiger partial charge is 0.472 e. The van der Waals surface area contributed by atoms with E-state index in [0.717, 1.165) is 34.3 Å². The Morgan fingerprint density at radius 2 is 1.88 bits per heavy atom. The molecule has 0 bridgehead atoms. The highest BCUT2D eigenvalue weighted by Crippen LogP contribution is 2.33. The summed E-state index contributed by atoms with van der Waals surface area (Å²) in [4.78, 5) is 28.3. The molecule has 2 aromatic carbocycles. The average Bonchev–Trinajstić information content (AvgIpc) is 3.32. The molecule has 0 saturated heterocycles. The Kier molecular flexibility index (Phi) is 6.49. The summed E-state index contributed by atoms with van der Waals surface area (Å²) in [5.41, 5.74) is 4.49. The molecule has 1 N–H and O–H groups in total. The zero-order valence-electron chi connectivity index (χ0n) is 18.3. The third-order valence-electron chi connectivity index (χ3n) is 5.58. The van der Waals surface area contributed by atoms with Crippen molar-refractivity contribution >= 4 is 33.5 Å². The van der Waals surface area contributed by atoms with Crippen LogP contribution in [-0.4, -0.2) is 27.4 Å². The van der Waals surface area contributed by atoms with E-state index in [1.54, 1.807) is 18.6 Å². The highest BCUT2D eigenvalue weighted by Gasteiger charge is 2.24. The van der Waals surface area contributed by atoms with Crippen LogP contribution in [0.4, 0.5) is 11.6 Å². The van der Waals surface area contributed by atoms with Crippen molar-refractivity contribution in [3.8, 4) is 5.88 Å². The summed E-state index contributed by atoms with van der Waals surface area (Å²) in [6.45, 7) is 1.40. The number of halogens is 1. The van der Waals surface area contributed by atoms with Gasteiger partial charge in [-0.25, -0.2) is 4.98 Å². The molecule has 170 valence electrons. The van der Waals surface area contributed by atoms with E-state index >= 15 is 0 Å². The second-order valence-electron chi connectivity index (χ2n) is 7.88. The Morgan fingerprint density at radius 3 is 2.71 bits per heavy atom. The van der Waals surface area contributed by atoms with Crippen LogP contribution in [0.25, 0.3) is 0 Å². The van der Waals surface area contributed by atoms with Gasteiger partial charge in [0.1, 0.15) is 12.2 Å². The number of rotatable bonds is 7. The number of nitrogens with zero attached hydrogens (tertiary/aromatic N) is 4. The zero-order valence-corrected chi connectivity index (χ0v) is 19.9. The molecule has 1 amide bonds. The maximum absolute atomic E-state index is 13.0. The van der Waals surface area contributed by atoms with Crippen LogP contribution in [0.1, 0.15) is 27.0 Å². The van der Waals surface area contributed by atoms with Gasteiger partial charge in [-0.3, -0.25) is 9.78 Å². The van der Waals surface area contributed by atoms with Crippen molar-refractivity contribution < 1.29 is 9.53 Å². The van der Waals surface area contributed by atoms with Crippen molar-refractivity contribution in [2.75, 3.05) is 11.4 Å². The predicted molar refractivity (Wildman–Crippen MR) is 133 cm³/mol. The second kappa shape index (κ2) is 10.0. The molecule has 0 spiro atoms. The monoisotopic (exact) mass is 515 g/mol. The standard InChI is InChI=1S/C26H22BrN5O2/c27-21-9-7-18(8-10-21)17-34-25-22(24(33)29-15-19-4-3-12-28-14-19)16-30-26(31-25)32-13-11-20-5-1-2-6-23(20)32/h1-10,12,14,16H,11,13,15,17H2,(H,29,33). The van der Waals surface area contributed by atoms with Gasteiger partial charge in [-0.05, 0) is 47.4 Å². The normalized spacial score (nSPS) is 12.3. The molecule has 0 unspecified atom stereocenters. The van der Waals surface area contributed by atoms with Gasteiger partial charge in [-0.2, -0.15) is 4.98 Å². The smallest absolute Gasteiger partial charge is 0.258 e. The average molecular weight is 516 g/mol. The summed E-state index contributed by atoms with van der Waals surface area (Å²) < 4.78 is 7.05. The molecule has 4 aromatic rings. The number of anilines is 2. The molecule has 1 aliphatic heterocycles. The summed E-state index contributed by atoms with van der Waals surface area (Å²) in [5, 5.41) is 2.91. The minimum absolute atomic E-state index is 0.251. The van der Waals surface area contributed by atoms with E-state index in [4.69, 9.17) is 4.74 Å². The number of carbonyl (C=O) groups excluding carboxylic acids is 1. The van der Waals surface area contributed by atoms with Gasteiger partial charge in [0.05, 0.1) is 0 Å². The van der Waals surface area contributed by atoms with Crippen molar-refractivity contribution in [2.24, 2.45) is 0 Å². The number of para-hydroxylation sites is 1. The number of fused-ring (bicyclic) bond motifs is 1. The number of pyridine rings is 1. The van der Waals surface area contributed by atoms with E-state index in [-0.39, 0.29) is 24.0 Å². The molecule has 0 radical (unpaired) electrons. The number of aromatic nitrogens is 3. The maximum atomic E-state index is 13.0. The van der Waals surface area contributed by atoms with Crippen molar-refractivity contribution in [2.45, 2.75) is 19.6 Å². The van der Waals surface area contributed by atoms with Gasteiger partial charge in [-0.15, -0.1) is 0 Å². The summed E-state index contributed by atoms with van der Waals surface area (Å²) in [5.74, 6) is 0.462. The van der Waals surface area contributed by atoms with Gasteiger partial charge in [0.2, 0.25) is 11.8 Å². The number of ether oxygens (including phenoxy) is 1. The van der Waals surface area contributed by atoms with Gasteiger partial charge in [-0.1, -0.05) is 52.3 Å². The molecule has 3 heterocycles. The number of hydrogen-bond donors (Lipinski definition) is 1. The molecule has 34 heavy (non-hydrogen) atoms. The van der Waals surface area contributed by atoms with Crippen LogP contribution >= 0.6 is 15.9 Å². The SMILES string of the molecule is O=C(NCc1cccnc1)c1cnc(N2CCc3ccccc32)nc1OCc1ccc(Br)cc1. The fourth-order valence-electron chi connectivity index (χ4n) is 3.81. The van der Waals surface area contributed by atoms with Crippen LogP contribution in [-0.2, 0) is 19.6 Å². The van der Waals surface area contributed by atoms with Crippen LogP contribution < -0.4 is 15.0 Å². The first-order chi connectivity index (χ1) is 16.7.